The van der Waals surface area contributed by atoms with Gasteiger partial charge in [0.05, 0.1) is 0 Å². The predicted octanol–water partition coefficient (Wildman–Crippen LogP) is 1.93. The lowest BCUT2D eigenvalue weighted by Crippen LogP contribution is -2.56. The number of hydrazine groups is 1. The fraction of sp³-hybridized carbons (Fsp3) is 0.560. The van der Waals surface area contributed by atoms with Gasteiger partial charge in [0, 0.05) is 18.5 Å². The second-order valence-electron chi connectivity index (χ2n) is 9.59. The Morgan fingerprint density at radius 2 is 1.46 bits per heavy atom. The molecule has 0 spiro atoms. The maximum Gasteiger partial charge on any atom is 0.410 e. The van der Waals surface area contributed by atoms with Crippen molar-refractivity contribution in [1.29, 1.82) is 0 Å². The Balaban J connectivity index is 1.53. The summed E-state index contributed by atoms with van der Waals surface area (Å²) in [6, 6.07) is 7.62. The number of rotatable bonds is 7. The van der Waals surface area contributed by atoms with Gasteiger partial charge in [-0.1, -0.05) is 51.1 Å². The first-order valence-electron chi connectivity index (χ1n) is 12.1. The zero-order valence-electron chi connectivity index (χ0n) is 20.5. The number of ketones is 1. The molecule has 2 unspecified atom stereocenters. The minimum absolute atomic E-state index is 0.0976. The van der Waals surface area contributed by atoms with Crippen molar-refractivity contribution in [2.45, 2.75) is 71.6 Å². The molecule has 1 aromatic carbocycles. The lowest BCUT2D eigenvalue weighted by molar-refractivity contribution is -0.151. The molecule has 2 saturated heterocycles. The molecule has 0 radical (unpaired) electrons. The summed E-state index contributed by atoms with van der Waals surface area (Å²) in [5.74, 6) is -2.31. The van der Waals surface area contributed by atoms with E-state index in [2.05, 4.69) is 10.9 Å². The molecule has 2 heterocycles. The first-order chi connectivity index (χ1) is 16.7. The van der Waals surface area contributed by atoms with E-state index in [0.29, 0.717) is 45.2 Å². The van der Waals surface area contributed by atoms with E-state index in [4.69, 9.17) is 4.74 Å². The van der Waals surface area contributed by atoms with Gasteiger partial charge in [-0.15, -0.1) is 0 Å². The first-order valence-corrected chi connectivity index (χ1v) is 12.1. The number of hydrogen-bond acceptors (Lipinski definition) is 6. The molecule has 35 heavy (non-hydrogen) atoms. The first kappa shape index (κ1) is 26.2. The zero-order chi connectivity index (χ0) is 25.6. The van der Waals surface area contributed by atoms with Crippen LogP contribution in [0.5, 0.6) is 0 Å². The maximum absolute atomic E-state index is 12.8. The van der Waals surface area contributed by atoms with E-state index in [1.54, 1.807) is 13.8 Å². The molecule has 10 heteroatoms. The van der Waals surface area contributed by atoms with Crippen LogP contribution < -0.4 is 10.9 Å². The second-order valence-corrected chi connectivity index (χ2v) is 9.59. The van der Waals surface area contributed by atoms with Crippen molar-refractivity contribution in [2.75, 3.05) is 13.1 Å². The molecule has 10 nitrogen and oxygen atoms in total. The van der Waals surface area contributed by atoms with Crippen molar-refractivity contribution in [2.24, 2.45) is 5.41 Å². The van der Waals surface area contributed by atoms with Crippen LogP contribution in [0.3, 0.4) is 0 Å². The number of nitrogens with zero attached hydrogens (tertiary/aromatic N) is 2. The summed E-state index contributed by atoms with van der Waals surface area (Å²) in [5, 5.41) is 0. The van der Waals surface area contributed by atoms with Gasteiger partial charge in [0.2, 0.25) is 5.78 Å². The zero-order valence-corrected chi connectivity index (χ0v) is 20.5. The van der Waals surface area contributed by atoms with Gasteiger partial charge >= 0.3 is 6.09 Å². The summed E-state index contributed by atoms with van der Waals surface area (Å²) in [6.45, 7) is 6.02. The van der Waals surface area contributed by atoms with E-state index >= 15 is 0 Å². The number of ether oxygens (including phenoxy) is 1. The summed E-state index contributed by atoms with van der Waals surface area (Å²) in [6.07, 6.45) is 1.96. The third kappa shape index (κ3) is 6.17. The summed E-state index contributed by atoms with van der Waals surface area (Å²) >= 11 is 0. The van der Waals surface area contributed by atoms with Gasteiger partial charge < -0.3 is 9.64 Å². The number of carbonyl (C=O) groups excluding carboxylic acids is 5. The van der Waals surface area contributed by atoms with Crippen LogP contribution in [0, 0.1) is 5.41 Å². The number of carbonyl (C=O) groups is 5. The van der Waals surface area contributed by atoms with Gasteiger partial charge in [-0.25, -0.2) is 4.79 Å². The van der Waals surface area contributed by atoms with Crippen LogP contribution >= 0.6 is 0 Å². The van der Waals surface area contributed by atoms with Gasteiger partial charge in [-0.05, 0) is 37.7 Å². The van der Waals surface area contributed by atoms with Gasteiger partial charge in [-0.2, -0.15) is 0 Å². The lowest BCUT2D eigenvalue weighted by atomic mass is 9.84. The quantitative estimate of drug-likeness (QED) is 0.448. The van der Waals surface area contributed by atoms with E-state index in [1.165, 1.54) is 9.80 Å². The molecule has 4 amide bonds. The summed E-state index contributed by atoms with van der Waals surface area (Å²) in [7, 11) is 0. The molecule has 3 rings (SSSR count). The molecule has 0 saturated carbocycles. The second kappa shape index (κ2) is 11.3. The SMILES string of the molecule is CCC(C)(C)C(=O)C(=O)N1CCCC1C(=O)NNC(=O)C1CCCN1C(=O)OCc1ccccc1. The standard InChI is InChI=1S/C25H34N4O6/c1-4-25(2,3)20(30)23(33)28-14-8-12-18(28)21(31)26-27-22(32)19-13-9-15-29(19)24(34)35-16-17-10-6-5-7-11-17/h5-7,10-11,18-19H,4,8-9,12-16H2,1-3H3,(H,26,31)(H,27,32). The van der Waals surface area contributed by atoms with Gasteiger partial charge in [-0.3, -0.25) is 34.9 Å². The Bertz CT molecular complexity index is 964. The van der Waals surface area contributed by atoms with Gasteiger partial charge in [0.25, 0.3) is 17.7 Å². The van der Waals surface area contributed by atoms with E-state index in [-0.39, 0.29) is 6.61 Å². The number of nitrogens with one attached hydrogen (secondary N) is 2. The smallest absolute Gasteiger partial charge is 0.410 e. The summed E-state index contributed by atoms with van der Waals surface area (Å²) in [5.41, 5.74) is 4.78. The van der Waals surface area contributed by atoms with Crippen LogP contribution in [0.4, 0.5) is 4.79 Å². The van der Waals surface area contributed by atoms with E-state index in [9.17, 15) is 24.0 Å². The lowest BCUT2D eigenvalue weighted by Gasteiger charge is -2.28. The molecule has 0 aliphatic carbocycles. The van der Waals surface area contributed by atoms with E-state index in [1.807, 2.05) is 37.3 Å². The van der Waals surface area contributed by atoms with E-state index < -0.39 is 47.1 Å². The molecule has 190 valence electrons. The monoisotopic (exact) mass is 486 g/mol. The Hall–Kier alpha value is -3.43. The molecule has 0 aromatic heterocycles. The van der Waals surface area contributed by atoms with Crippen LogP contribution in [0.25, 0.3) is 0 Å². The highest BCUT2D eigenvalue weighted by atomic mass is 16.6. The number of amides is 4. The normalized spacial score (nSPS) is 19.9. The molecule has 2 atom stereocenters. The highest BCUT2D eigenvalue weighted by Gasteiger charge is 2.41. The van der Waals surface area contributed by atoms with Crippen LogP contribution in [-0.4, -0.2) is 64.6 Å². The number of benzene rings is 1. The van der Waals surface area contributed by atoms with Crippen LogP contribution in [-0.2, 0) is 30.5 Å². The Labute approximate surface area is 205 Å². The Morgan fingerprint density at radius 1 is 0.914 bits per heavy atom. The molecule has 2 fully saturated rings. The summed E-state index contributed by atoms with van der Waals surface area (Å²) in [4.78, 5) is 66.0. The molecular weight excluding hydrogens is 452 g/mol. The van der Waals surface area contributed by atoms with Crippen molar-refractivity contribution in [1.82, 2.24) is 20.7 Å². The molecular formula is C25H34N4O6. The molecule has 2 N–H and O–H groups in total. The molecule has 0 bridgehead atoms. The molecule has 2 aliphatic rings. The number of Topliss-reactive ketones (excluding diaryl/α,β-unsaturated/α-hetero) is 1. The summed E-state index contributed by atoms with van der Waals surface area (Å²) < 4.78 is 5.34. The number of hydrogen-bond donors (Lipinski definition) is 2. The minimum atomic E-state index is -0.838. The largest absolute Gasteiger partial charge is 0.445 e. The van der Waals surface area contributed by atoms with Gasteiger partial charge in [0.15, 0.2) is 0 Å². The Morgan fingerprint density at radius 3 is 2.03 bits per heavy atom. The fourth-order valence-corrected chi connectivity index (χ4v) is 4.21. The maximum atomic E-state index is 12.8. The van der Waals surface area contributed by atoms with Crippen LogP contribution in [0.1, 0.15) is 58.4 Å². The molecule has 1 aromatic rings. The van der Waals surface area contributed by atoms with Crippen molar-refractivity contribution in [3.8, 4) is 0 Å². The third-order valence-electron chi connectivity index (χ3n) is 6.81. The van der Waals surface area contributed by atoms with Gasteiger partial charge in [0.1, 0.15) is 18.7 Å². The van der Waals surface area contributed by atoms with Crippen molar-refractivity contribution < 1.29 is 28.7 Å². The van der Waals surface area contributed by atoms with Crippen molar-refractivity contribution >= 4 is 29.6 Å². The topological polar surface area (TPSA) is 125 Å². The van der Waals surface area contributed by atoms with Crippen LogP contribution in [0.2, 0.25) is 0 Å². The Kier molecular flexibility index (Phi) is 8.48. The predicted molar refractivity (Wildman–Crippen MR) is 126 cm³/mol. The highest BCUT2D eigenvalue weighted by molar-refractivity contribution is 6.38. The van der Waals surface area contributed by atoms with Crippen molar-refractivity contribution in [3.63, 3.8) is 0 Å². The molecule has 2 aliphatic heterocycles. The fourth-order valence-electron chi connectivity index (χ4n) is 4.21. The average molecular weight is 487 g/mol. The third-order valence-corrected chi connectivity index (χ3v) is 6.81. The van der Waals surface area contributed by atoms with Crippen molar-refractivity contribution in [3.05, 3.63) is 35.9 Å². The highest BCUT2D eigenvalue weighted by Crippen LogP contribution is 2.25. The van der Waals surface area contributed by atoms with E-state index in [0.717, 1.165) is 5.56 Å². The van der Waals surface area contributed by atoms with Crippen LogP contribution in [0.15, 0.2) is 30.3 Å². The minimum Gasteiger partial charge on any atom is -0.445 e. The average Bonchev–Trinajstić information content (AvgIpc) is 3.55. The number of likely N-dealkylation sites (tertiary alicyclic amines) is 2.